The van der Waals surface area contributed by atoms with Gasteiger partial charge in [-0.25, -0.2) is 0 Å². The Balaban J connectivity index is 1.44. The summed E-state index contributed by atoms with van der Waals surface area (Å²) in [6, 6.07) is 13.6. The smallest absolute Gasteiger partial charge is 0.247 e. The average Bonchev–Trinajstić information content (AvgIpc) is 3.21. The van der Waals surface area contributed by atoms with E-state index >= 15 is 0 Å². The van der Waals surface area contributed by atoms with Crippen LogP contribution in [0.25, 0.3) is 11.5 Å². The molecule has 0 bridgehead atoms. The molecule has 0 saturated heterocycles. The first-order valence-corrected chi connectivity index (χ1v) is 9.46. The van der Waals surface area contributed by atoms with Gasteiger partial charge < -0.3 is 19.2 Å². The van der Waals surface area contributed by atoms with Gasteiger partial charge in [-0.1, -0.05) is 23.8 Å². The summed E-state index contributed by atoms with van der Waals surface area (Å²) in [6.45, 7) is 2.56. The number of nitrogens with zero attached hydrogens (tertiary/aromatic N) is 2. The second-order valence-corrected chi connectivity index (χ2v) is 6.66. The van der Waals surface area contributed by atoms with Crippen molar-refractivity contribution in [3.63, 3.8) is 0 Å². The van der Waals surface area contributed by atoms with Gasteiger partial charge in [0, 0.05) is 24.9 Å². The van der Waals surface area contributed by atoms with E-state index in [1.165, 1.54) is 5.56 Å². The summed E-state index contributed by atoms with van der Waals surface area (Å²) in [4.78, 5) is 12.1. The molecule has 0 unspecified atom stereocenters. The maximum Gasteiger partial charge on any atom is 0.247 e. The first-order chi connectivity index (χ1) is 14.1. The molecular weight excluding hydrogens is 370 g/mol. The predicted molar refractivity (Wildman–Crippen MR) is 109 cm³/mol. The topological polar surface area (TPSA) is 86.5 Å². The van der Waals surface area contributed by atoms with Crippen LogP contribution in [-0.4, -0.2) is 36.9 Å². The van der Waals surface area contributed by atoms with Crippen LogP contribution in [0.1, 0.15) is 23.4 Å². The number of amides is 1. The predicted octanol–water partition coefficient (Wildman–Crippen LogP) is 3.35. The highest BCUT2D eigenvalue weighted by Crippen LogP contribution is 2.27. The van der Waals surface area contributed by atoms with Gasteiger partial charge in [-0.2, -0.15) is 0 Å². The minimum absolute atomic E-state index is 0.0550. The highest BCUT2D eigenvalue weighted by atomic mass is 16.5. The van der Waals surface area contributed by atoms with E-state index in [2.05, 4.69) is 15.5 Å². The number of hydrogen-bond donors (Lipinski definition) is 1. The Morgan fingerprint density at radius 3 is 2.48 bits per heavy atom. The number of aromatic nitrogens is 2. The molecule has 1 N–H and O–H groups in total. The lowest BCUT2D eigenvalue weighted by Crippen LogP contribution is -2.25. The first-order valence-electron chi connectivity index (χ1n) is 9.46. The van der Waals surface area contributed by atoms with E-state index in [1.807, 2.05) is 49.4 Å². The van der Waals surface area contributed by atoms with E-state index < -0.39 is 0 Å². The van der Waals surface area contributed by atoms with Crippen LogP contribution >= 0.6 is 0 Å². The lowest BCUT2D eigenvalue weighted by molar-refractivity contribution is -0.121. The zero-order valence-electron chi connectivity index (χ0n) is 16.9. The molecule has 3 rings (SSSR count). The largest absolute Gasteiger partial charge is 0.493 e. The molecular formula is C22H25N3O4. The molecule has 7 heteroatoms. The number of carbonyl (C=O) groups excluding carboxylic acids is 1. The summed E-state index contributed by atoms with van der Waals surface area (Å²) in [7, 11) is 3.20. The Morgan fingerprint density at radius 1 is 1.00 bits per heavy atom. The highest BCUT2D eigenvalue weighted by Gasteiger charge is 2.11. The molecule has 0 aliphatic rings. The highest BCUT2D eigenvalue weighted by molar-refractivity contribution is 5.76. The maximum atomic E-state index is 12.1. The third-order valence-electron chi connectivity index (χ3n) is 4.52. The van der Waals surface area contributed by atoms with Crippen LogP contribution in [0.3, 0.4) is 0 Å². The number of rotatable bonds is 9. The van der Waals surface area contributed by atoms with Crippen LogP contribution in [0, 0.1) is 6.92 Å². The van der Waals surface area contributed by atoms with Crippen molar-refractivity contribution in [3.05, 3.63) is 59.5 Å². The van der Waals surface area contributed by atoms with E-state index in [1.54, 1.807) is 14.2 Å². The Morgan fingerprint density at radius 2 is 1.76 bits per heavy atom. The van der Waals surface area contributed by atoms with Gasteiger partial charge in [0.25, 0.3) is 0 Å². The van der Waals surface area contributed by atoms with Crippen LogP contribution in [-0.2, 0) is 17.6 Å². The molecule has 1 amide bonds. The Kier molecular flexibility index (Phi) is 6.84. The van der Waals surface area contributed by atoms with Crippen molar-refractivity contribution in [1.29, 1.82) is 0 Å². The molecule has 3 aromatic rings. The molecule has 0 fully saturated rings. The Labute approximate surface area is 170 Å². The van der Waals surface area contributed by atoms with Crippen LogP contribution in [0.4, 0.5) is 0 Å². The first kappa shape index (κ1) is 20.4. The number of nitrogens with one attached hydrogen (secondary N) is 1. The lowest BCUT2D eigenvalue weighted by atomic mass is 10.1. The van der Waals surface area contributed by atoms with E-state index in [0.29, 0.717) is 49.1 Å². The molecule has 0 aliphatic heterocycles. The van der Waals surface area contributed by atoms with Gasteiger partial charge in [0.2, 0.25) is 17.7 Å². The van der Waals surface area contributed by atoms with Crippen LogP contribution in [0.15, 0.2) is 46.9 Å². The third-order valence-corrected chi connectivity index (χ3v) is 4.52. The molecule has 1 aromatic heterocycles. The van der Waals surface area contributed by atoms with Gasteiger partial charge >= 0.3 is 0 Å². The molecule has 7 nitrogen and oxygen atoms in total. The van der Waals surface area contributed by atoms with Gasteiger partial charge in [-0.3, -0.25) is 4.79 Å². The van der Waals surface area contributed by atoms with Crippen LogP contribution < -0.4 is 14.8 Å². The van der Waals surface area contributed by atoms with Crippen molar-refractivity contribution in [1.82, 2.24) is 15.5 Å². The van der Waals surface area contributed by atoms with Gasteiger partial charge in [0.1, 0.15) is 0 Å². The summed E-state index contributed by atoms with van der Waals surface area (Å²) >= 11 is 0. The van der Waals surface area contributed by atoms with Crippen molar-refractivity contribution < 1.29 is 18.7 Å². The number of methoxy groups -OCH3 is 2. The zero-order valence-corrected chi connectivity index (χ0v) is 16.9. The van der Waals surface area contributed by atoms with Crippen LogP contribution in [0.5, 0.6) is 11.5 Å². The van der Waals surface area contributed by atoms with Gasteiger partial charge in [-0.15, -0.1) is 10.2 Å². The third kappa shape index (κ3) is 5.57. The van der Waals surface area contributed by atoms with Gasteiger partial charge in [0.15, 0.2) is 11.5 Å². The van der Waals surface area contributed by atoms with E-state index in [-0.39, 0.29) is 5.91 Å². The molecule has 1 heterocycles. The second-order valence-electron chi connectivity index (χ2n) is 6.66. The minimum atomic E-state index is -0.0550. The molecule has 2 aromatic carbocycles. The number of aryl methyl sites for hydroxylation is 2. The average molecular weight is 395 g/mol. The van der Waals surface area contributed by atoms with Crippen molar-refractivity contribution in [2.45, 2.75) is 26.2 Å². The van der Waals surface area contributed by atoms with Crippen molar-refractivity contribution >= 4 is 5.91 Å². The zero-order chi connectivity index (χ0) is 20.6. The van der Waals surface area contributed by atoms with E-state index in [4.69, 9.17) is 13.9 Å². The molecule has 0 radical (unpaired) electrons. The SMILES string of the molecule is COc1ccc(CCNC(=O)CCc2nnc(-c3ccc(C)cc3)o2)cc1OC. The molecule has 152 valence electrons. The summed E-state index contributed by atoms with van der Waals surface area (Å²) in [5, 5.41) is 11.0. The van der Waals surface area contributed by atoms with Crippen LogP contribution in [0.2, 0.25) is 0 Å². The fraction of sp³-hybridized carbons (Fsp3) is 0.318. The maximum absolute atomic E-state index is 12.1. The van der Waals surface area contributed by atoms with Gasteiger partial charge in [-0.05, 0) is 43.2 Å². The molecule has 0 spiro atoms. The molecule has 0 saturated carbocycles. The number of hydrogen-bond acceptors (Lipinski definition) is 6. The molecule has 0 aliphatic carbocycles. The second kappa shape index (κ2) is 9.73. The Hall–Kier alpha value is -3.35. The van der Waals surface area contributed by atoms with Crippen molar-refractivity contribution in [2.75, 3.05) is 20.8 Å². The van der Waals surface area contributed by atoms with Crippen molar-refractivity contribution in [2.24, 2.45) is 0 Å². The van der Waals surface area contributed by atoms with Crippen molar-refractivity contribution in [3.8, 4) is 23.0 Å². The summed E-state index contributed by atoms with van der Waals surface area (Å²) in [5.74, 6) is 2.23. The standard InChI is InChI=1S/C22H25N3O4/c1-15-4-7-17(8-5-15)22-25-24-21(29-22)11-10-20(26)23-13-12-16-6-9-18(27-2)19(14-16)28-3/h4-9,14H,10-13H2,1-3H3,(H,23,26). The summed E-state index contributed by atoms with van der Waals surface area (Å²) in [6.07, 6.45) is 1.40. The number of carbonyl (C=O) groups is 1. The normalized spacial score (nSPS) is 10.6. The lowest BCUT2D eigenvalue weighted by Gasteiger charge is -2.10. The number of ether oxygens (including phenoxy) is 2. The minimum Gasteiger partial charge on any atom is -0.493 e. The van der Waals surface area contributed by atoms with Gasteiger partial charge in [0.05, 0.1) is 14.2 Å². The fourth-order valence-electron chi connectivity index (χ4n) is 2.86. The molecule has 0 atom stereocenters. The fourth-order valence-corrected chi connectivity index (χ4v) is 2.86. The van der Waals surface area contributed by atoms with E-state index in [0.717, 1.165) is 11.1 Å². The summed E-state index contributed by atoms with van der Waals surface area (Å²) < 4.78 is 16.2. The summed E-state index contributed by atoms with van der Waals surface area (Å²) in [5.41, 5.74) is 3.09. The Bertz CT molecular complexity index is 951. The monoisotopic (exact) mass is 395 g/mol. The molecule has 29 heavy (non-hydrogen) atoms. The number of benzene rings is 2. The quantitative estimate of drug-likeness (QED) is 0.598. The van der Waals surface area contributed by atoms with E-state index in [9.17, 15) is 4.79 Å².